The fraction of sp³-hybridized carbons (Fsp3) is 0.391. The maximum atomic E-state index is 12.7. The molecule has 0 saturated carbocycles. The third-order valence-corrected chi connectivity index (χ3v) is 6.02. The maximum Gasteiger partial charge on any atom is 0.416 e. The number of carboxylic acids is 1. The van der Waals surface area contributed by atoms with Gasteiger partial charge >= 0.3 is 12.1 Å². The molecule has 1 unspecified atom stereocenters. The van der Waals surface area contributed by atoms with Crippen molar-refractivity contribution in [3.05, 3.63) is 59.7 Å². The number of hydrazone groups is 1. The van der Waals surface area contributed by atoms with Gasteiger partial charge in [0.1, 0.15) is 0 Å². The van der Waals surface area contributed by atoms with E-state index in [0.29, 0.717) is 11.6 Å². The van der Waals surface area contributed by atoms with Crippen LogP contribution >= 0.6 is 11.8 Å². The van der Waals surface area contributed by atoms with Gasteiger partial charge in [0.05, 0.1) is 17.7 Å². The lowest BCUT2D eigenvalue weighted by Crippen LogP contribution is -2.15. The minimum Gasteiger partial charge on any atom is -0.481 e. The van der Waals surface area contributed by atoms with Gasteiger partial charge in [0.15, 0.2) is 0 Å². The van der Waals surface area contributed by atoms with Crippen LogP contribution in [0.5, 0.6) is 0 Å². The van der Waals surface area contributed by atoms with E-state index in [0.717, 1.165) is 46.9 Å². The number of alkyl halides is 3. The summed E-state index contributed by atoms with van der Waals surface area (Å²) in [5, 5.41) is 15.1. The summed E-state index contributed by atoms with van der Waals surface area (Å²) in [4.78, 5) is 11.9. The topological polar surface area (TPSA) is 52.9 Å². The summed E-state index contributed by atoms with van der Waals surface area (Å²) in [5.41, 5.74) is 1.59. The van der Waals surface area contributed by atoms with Crippen LogP contribution in [0, 0.1) is 5.92 Å². The average molecular weight is 453 g/mol. The summed E-state index contributed by atoms with van der Waals surface area (Å²) in [6.45, 7) is 4.03. The van der Waals surface area contributed by atoms with E-state index in [2.05, 4.69) is 12.0 Å². The Kier molecular flexibility index (Phi) is 8.98. The number of nitrogens with zero attached hydrogens (tertiary/aromatic N) is 2. The number of halogens is 3. The molecule has 0 aromatic heterocycles. The number of hydrogen-bond acceptors (Lipinski definition) is 4. The van der Waals surface area contributed by atoms with Crippen molar-refractivity contribution in [3.63, 3.8) is 0 Å². The average Bonchev–Trinajstić information content (AvgIpc) is 2.70. The Morgan fingerprint density at radius 1 is 1.19 bits per heavy atom. The van der Waals surface area contributed by atoms with Gasteiger partial charge in [-0.05, 0) is 61.2 Å². The summed E-state index contributed by atoms with van der Waals surface area (Å²) in [6, 6.07) is 12.5. The van der Waals surface area contributed by atoms with Crippen LogP contribution in [-0.2, 0) is 17.4 Å². The molecule has 2 rings (SSSR count). The molecule has 4 nitrogen and oxygen atoms in total. The van der Waals surface area contributed by atoms with Gasteiger partial charge in [-0.15, -0.1) is 11.8 Å². The lowest BCUT2D eigenvalue weighted by molar-refractivity contribution is -0.138. The quantitative estimate of drug-likeness (QED) is 0.259. The van der Waals surface area contributed by atoms with Crippen LogP contribution in [0.25, 0.3) is 0 Å². The van der Waals surface area contributed by atoms with Crippen molar-refractivity contribution in [2.75, 3.05) is 17.8 Å². The molecule has 0 radical (unpaired) electrons. The van der Waals surface area contributed by atoms with E-state index < -0.39 is 17.7 Å². The zero-order valence-corrected chi connectivity index (χ0v) is 18.6. The molecule has 2 aromatic rings. The molecule has 0 amide bonds. The largest absolute Gasteiger partial charge is 0.481 e. The first-order valence-electron chi connectivity index (χ1n) is 9.97. The maximum absolute atomic E-state index is 12.7. The third kappa shape index (κ3) is 8.28. The fourth-order valence-corrected chi connectivity index (χ4v) is 4.28. The second-order valence-electron chi connectivity index (χ2n) is 7.41. The van der Waals surface area contributed by atoms with E-state index in [-0.39, 0.29) is 6.42 Å². The Hall–Kier alpha value is -2.48. The van der Waals surface area contributed by atoms with E-state index in [1.165, 1.54) is 12.1 Å². The molecule has 31 heavy (non-hydrogen) atoms. The Bertz CT molecular complexity index is 898. The van der Waals surface area contributed by atoms with Gasteiger partial charge in [0.2, 0.25) is 0 Å². The molecule has 0 aliphatic heterocycles. The highest BCUT2D eigenvalue weighted by Gasteiger charge is 2.30. The molecule has 0 fully saturated rings. The number of hydrogen-bond donors (Lipinski definition) is 1. The minimum absolute atomic E-state index is 0.00760. The molecule has 0 bridgehead atoms. The molecule has 2 aromatic carbocycles. The monoisotopic (exact) mass is 452 g/mol. The Balaban J connectivity index is 1.95. The van der Waals surface area contributed by atoms with Crippen molar-refractivity contribution < 1.29 is 23.1 Å². The predicted molar refractivity (Wildman–Crippen MR) is 120 cm³/mol. The second-order valence-corrected chi connectivity index (χ2v) is 8.50. The number of carbonyl (C=O) groups is 1. The van der Waals surface area contributed by atoms with E-state index in [1.54, 1.807) is 23.8 Å². The fourth-order valence-electron chi connectivity index (χ4n) is 3.09. The highest BCUT2D eigenvalue weighted by Crippen LogP contribution is 2.30. The molecule has 1 atom stereocenters. The summed E-state index contributed by atoms with van der Waals surface area (Å²) >= 11 is 1.69. The number of rotatable bonds is 10. The van der Waals surface area contributed by atoms with Gasteiger partial charge in [-0.25, -0.2) is 0 Å². The van der Waals surface area contributed by atoms with Crippen molar-refractivity contribution in [3.8, 4) is 0 Å². The zero-order valence-electron chi connectivity index (χ0n) is 17.8. The van der Waals surface area contributed by atoms with Crippen LogP contribution in [0.2, 0.25) is 0 Å². The van der Waals surface area contributed by atoms with Crippen molar-refractivity contribution >= 4 is 29.1 Å². The first-order valence-corrected chi connectivity index (χ1v) is 11.0. The van der Waals surface area contributed by atoms with Crippen molar-refractivity contribution in [1.82, 2.24) is 0 Å². The molecule has 0 saturated heterocycles. The molecule has 0 aliphatic carbocycles. The van der Waals surface area contributed by atoms with Gasteiger partial charge in [0, 0.05) is 23.4 Å². The number of carboxylic acid groups (broad SMARTS) is 1. The Labute approximate surface area is 185 Å². The highest BCUT2D eigenvalue weighted by molar-refractivity contribution is 7.99. The first-order chi connectivity index (χ1) is 14.6. The summed E-state index contributed by atoms with van der Waals surface area (Å²) in [7, 11) is 1.72. The van der Waals surface area contributed by atoms with E-state index in [1.807, 2.05) is 31.2 Å². The normalized spacial score (nSPS) is 13.2. The number of thioether (sulfide) groups is 1. The highest BCUT2D eigenvalue weighted by atomic mass is 32.2. The Morgan fingerprint density at radius 3 is 2.45 bits per heavy atom. The lowest BCUT2D eigenvalue weighted by Gasteiger charge is -2.18. The standard InChI is InChI=1S/C23H27F3N2O2S/c1-4-17(15-31-21-7-5-6-18(13-21)14-22(29)30)12-16(2)27-28(3)20-10-8-19(9-11-20)23(24,25)26/h5-11,13,17H,4,12,14-15H2,1-3H3,(H,29,30)/b27-16-. The number of aliphatic carboxylic acids is 1. The molecule has 8 heteroatoms. The summed E-state index contributed by atoms with van der Waals surface area (Å²) in [6.07, 6.45) is -2.62. The van der Waals surface area contributed by atoms with Gasteiger partial charge in [0.25, 0.3) is 0 Å². The Morgan fingerprint density at radius 2 is 1.87 bits per heavy atom. The number of benzene rings is 2. The van der Waals surface area contributed by atoms with E-state index in [9.17, 15) is 18.0 Å². The van der Waals surface area contributed by atoms with Gasteiger partial charge in [-0.3, -0.25) is 9.80 Å². The molecular formula is C23H27F3N2O2S. The molecule has 0 heterocycles. The molecule has 0 aliphatic rings. The van der Waals surface area contributed by atoms with E-state index >= 15 is 0 Å². The van der Waals surface area contributed by atoms with Crippen LogP contribution in [-0.4, -0.2) is 29.6 Å². The van der Waals surface area contributed by atoms with Crippen LogP contribution < -0.4 is 5.01 Å². The van der Waals surface area contributed by atoms with Crippen LogP contribution in [0.3, 0.4) is 0 Å². The predicted octanol–water partition coefficient (Wildman–Crippen LogP) is 6.35. The van der Waals surface area contributed by atoms with E-state index in [4.69, 9.17) is 5.11 Å². The zero-order chi connectivity index (χ0) is 23.0. The molecule has 1 N–H and O–H groups in total. The lowest BCUT2D eigenvalue weighted by atomic mass is 10.0. The van der Waals surface area contributed by atoms with Crippen LogP contribution in [0.1, 0.15) is 37.8 Å². The van der Waals surface area contributed by atoms with Crippen molar-refractivity contribution in [1.29, 1.82) is 0 Å². The van der Waals surface area contributed by atoms with Crippen molar-refractivity contribution in [2.45, 2.75) is 44.2 Å². The molecular weight excluding hydrogens is 425 g/mol. The van der Waals surface area contributed by atoms with Crippen LogP contribution in [0.15, 0.2) is 58.5 Å². The summed E-state index contributed by atoms with van der Waals surface area (Å²) in [5.74, 6) is 0.389. The van der Waals surface area contributed by atoms with Gasteiger partial charge in [-0.2, -0.15) is 18.3 Å². The summed E-state index contributed by atoms with van der Waals surface area (Å²) < 4.78 is 38.2. The third-order valence-electron chi connectivity index (χ3n) is 4.79. The SMILES string of the molecule is CCC(CSc1cccc(CC(=O)O)c1)C/C(C)=N\N(C)c1ccc(C(F)(F)F)cc1. The first kappa shape index (κ1) is 24.8. The molecule has 0 spiro atoms. The van der Waals surface area contributed by atoms with Gasteiger partial charge < -0.3 is 5.11 Å². The number of anilines is 1. The second kappa shape index (κ2) is 11.2. The van der Waals surface area contributed by atoms with Crippen molar-refractivity contribution in [2.24, 2.45) is 11.0 Å². The minimum atomic E-state index is -4.35. The van der Waals surface area contributed by atoms with Gasteiger partial charge in [-0.1, -0.05) is 25.5 Å². The smallest absolute Gasteiger partial charge is 0.416 e. The van der Waals surface area contributed by atoms with Crippen LogP contribution in [0.4, 0.5) is 18.9 Å². The molecule has 168 valence electrons.